The molecule has 186 valence electrons. The number of nitrogens with zero attached hydrogens (tertiary/aromatic N) is 1. The van der Waals surface area contributed by atoms with Gasteiger partial charge in [0.15, 0.2) is 0 Å². The van der Waals surface area contributed by atoms with Gasteiger partial charge < -0.3 is 16.4 Å². The second-order valence-electron chi connectivity index (χ2n) is 7.37. The first-order chi connectivity index (χ1) is 16.6. The number of carbonyl (C=O) groups is 1. The number of alkyl halides is 3. The van der Waals surface area contributed by atoms with Crippen LogP contribution in [0.1, 0.15) is 17.5 Å². The van der Waals surface area contributed by atoms with Crippen molar-refractivity contribution in [3.8, 4) is 11.1 Å². The predicted molar refractivity (Wildman–Crippen MR) is 125 cm³/mol. The van der Waals surface area contributed by atoms with Crippen LogP contribution in [-0.4, -0.2) is 29.1 Å². The van der Waals surface area contributed by atoms with Gasteiger partial charge in [0, 0.05) is 18.3 Å². The Hall–Kier alpha value is -3.48. The zero-order chi connectivity index (χ0) is 25.6. The molecule has 0 atom stereocenters. The lowest BCUT2D eigenvalue weighted by atomic mass is 10.1. The molecular formula is C22H21ClF4N6O2. The molecule has 0 unspecified atom stereocenters. The fourth-order valence-electron chi connectivity index (χ4n) is 3.03. The highest BCUT2D eigenvalue weighted by Gasteiger charge is 2.31. The zero-order valence-corrected chi connectivity index (χ0v) is 18.9. The van der Waals surface area contributed by atoms with E-state index in [9.17, 15) is 27.2 Å². The van der Waals surface area contributed by atoms with E-state index in [1.54, 1.807) is 12.1 Å². The van der Waals surface area contributed by atoms with Gasteiger partial charge in [-0.2, -0.15) is 13.2 Å². The van der Waals surface area contributed by atoms with Gasteiger partial charge in [-0.05, 0) is 49.3 Å². The number of aromatic amines is 1. The summed E-state index contributed by atoms with van der Waals surface area (Å²) in [5.41, 5.74) is 4.50. The van der Waals surface area contributed by atoms with Crippen molar-refractivity contribution in [3.05, 3.63) is 74.9 Å². The summed E-state index contributed by atoms with van der Waals surface area (Å²) in [5.74, 6) is -0.738. The standard InChI is InChI=1S/C22H21ClF4N6O2/c23-16-9-14(22(25,26)27)4-5-18(16)31-21(35)33-20-30-11-15(19(34)32-20)12-2-3-13(17(24)8-12)10-29-7-1-6-28/h2-5,8-9,11,29H,1,6-7,10,28H2,(H3,30,31,32,33,34,35). The maximum absolute atomic E-state index is 14.4. The van der Waals surface area contributed by atoms with Crippen LogP contribution in [0, 0.1) is 5.82 Å². The van der Waals surface area contributed by atoms with E-state index >= 15 is 0 Å². The molecule has 1 heterocycles. The van der Waals surface area contributed by atoms with E-state index < -0.39 is 29.1 Å². The monoisotopic (exact) mass is 512 g/mol. The van der Waals surface area contributed by atoms with Gasteiger partial charge in [-0.25, -0.2) is 14.2 Å². The fraction of sp³-hybridized carbons (Fsp3) is 0.227. The molecule has 8 nitrogen and oxygen atoms in total. The number of amides is 2. The molecule has 6 N–H and O–H groups in total. The lowest BCUT2D eigenvalue weighted by Crippen LogP contribution is -2.23. The maximum Gasteiger partial charge on any atom is 0.416 e. The van der Waals surface area contributed by atoms with Crippen LogP contribution in [-0.2, 0) is 12.7 Å². The molecule has 0 aliphatic carbocycles. The van der Waals surface area contributed by atoms with Crippen molar-refractivity contribution in [2.24, 2.45) is 5.73 Å². The minimum atomic E-state index is -4.58. The van der Waals surface area contributed by atoms with Gasteiger partial charge in [0.2, 0.25) is 5.95 Å². The summed E-state index contributed by atoms with van der Waals surface area (Å²) in [6.07, 6.45) is -2.66. The average molecular weight is 513 g/mol. The van der Waals surface area contributed by atoms with Crippen molar-refractivity contribution < 1.29 is 22.4 Å². The molecule has 0 saturated heterocycles. The molecular weight excluding hydrogens is 492 g/mol. The molecule has 3 aromatic rings. The highest BCUT2D eigenvalue weighted by molar-refractivity contribution is 6.33. The molecule has 0 aliphatic heterocycles. The number of nitrogens with two attached hydrogens (primary N) is 1. The Morgan fingerprint density at radius 1 is 1.14 bits per heavy atom. The third-order valence-electron chi connectivity index (χ3n) is 4.81. The summed E-state index contributed by atoms with van der Waals surface area (Å²) in [5, 5.41) is 7.25. The molecule has 13 heteroatoms. The molecule has 0 spiro atoms. The Bertz CT molecular complexity index is 1270. The second kappa shape index (κ2) is 11.3. The lowest BCUT2D eigenvalue weighted by molar-refractivity contribution is -0.137. The number of hydrogen-bond donors (Lipinski definition) is 5. The van der Waals surface area contributed by atoms with E-state index in [1.165, 1.54) is 6.07 Å². The van der Waals surface area contributed by atoms with Gasteiger partial charge in [0.05, 0.1) is 21.8 Å². The average Bonchev–Trinajstić information content (AvgIpc) is 2.78. The van der Waals surface area contributed by atoms with Crippen LogP contribution in [0.5, 0.6) is 0 Å². The van der Waals surface area contributed by atoms with Crippen molar-refractivity contribution in [2.45, 2.75) is 19.1 Å². The van der Waals surface area contributed by atoms with E-state index in [-0.39, 0.29) is 27.8 Å². The molecule has 0 aliphatic rings. The molecule has 0 fully saturated rings. The van der Waals surface area contributed by atoms with Crippen LogP contribution in [0.2, 0.25) is 5.02 Å². The Kier molecular flexibility index (Phi) is 8.43. The summed E-state index contributed by atoms with van der Waals surface area (Å²) in [7, 11) is 0. The maximum atomic E-state index is 14.4. The van der Waals surface area contributed by atoms with Gasteiger partial charge in [-0.15, -0.1) is 0 Å². The Balaban J connectivity index is 1.67. The Morgan fingerprint density at radius 3 is 2.54 bits per heavy atom. The van der Waals surface area contributed by atoms with Gasteiger partial charge in [-0.3, -0.25) is 15.1 Å². The van der Waals surface area contributed by atoms with Gasteiger partial charge in [0.25, 0.3) is 5.56 Å². The number of H-pyrrole nitrogens is 1. The Labute approximate surface area is 201 Å². The predicted octanol–water partition coefficient (Wildman–Crippen LogP) is 4.33. The van der Waals surface area contributed by atoms with E-state index in [0.717, 1.165) is 24.8 Å². The fourth-order valence-corrected chi connectivity index (χ4v) is 3.25. The largest absolute Gasteiger partial charge is 0.416 e. The lowest BCUT2D eigenvalue weighted by Gasteiger charge is -2.11. The first kappa shape index (κ1) is 26.1. The first-order valence-electron chi connectivity index (χ1n) is 10.3. The summed E-state index contributed by atoms with van der Waals surface area (Å²) < 4.78 is 52.6. The smallest absolute Gasteiger partial charge is 0.330 e. The van der Waals surface area contributed by atoms with Crippen molar-refractivity contribution in [3.63, 3.8) is 0 Å². The molecule has 2 amide bonds. The third-order valence-corrected chi connectivity index (χ3v) is 5.13. The molecule has 2 aromatic carbocycles. The SMILES string of the molecule is NCCCNCc1ccc(-c2cnc(NC(=O)Nc3ccc(C(F)(F)F)cc3Cl)[nH]c2=O)cc1F. The van der Waals surface area contributed by atoms with Crippen LogP contribution in [0.25, 0.3) is 11.1 Å². The van der Waals surface area contributed by atoms with Crippen molar-refractivity contribution in [1.82, 2.24) is 15.3 Å². The van der Waals surface area contributed by atoms with Gasteiger partial charge in [-0.1, -0.05) is 23.7 Å². The molecule has 1 aromatic heterocycles. The van der Waals surface area contributed by atoms with Gasteiger partial charge >= 0.3 is 12.2 Å². The number of carbonyl (C=O) groups excluding carboxylic acids is 1. The number of anilines is 2. The molecule has 0 radical (unpaired) electrons. The molecule has 35 heavy (non-hydrogen) atoms. The van der Waals surface area contributed by atoms with Crippen LogP contribution in [0.3, 0.4) is 0 Å². The second-order valence-corrected chi connectivity index (χ2v) is 7.78. The van der Waals surface area contributed by atoms with Crippen molar-refractivity contribution in [2.75, 3.05) is 23.7 Å². The van der Waals surface area contributed by atoms with E-state index in [4.69, 9.17) is 17.3 Å². The molecule has 3 rings (SSSR count). The van der Waals surface area contributed by atoms with Crippen molar-refractivity contribution in [1.29, 1.82) is 0 Å². The topological polar surface area (TPSA) is 125 Å². The Morgan fingerprint density at radius 2 is 1.91 bits per heavy atom. The number of benzene rings is 2. The van der Waals surface area contributed by atoms with E-state index in [0.29, 0.717) is 31.3 Å². The number of hydrogen-bond acceptors (Lipinski definition) is 5. The van der Waals surface area contributed by atoms with E-state index in [2.05, 4.69) is 25.9 Å². The van der Waals surface area contributed by atoms with Crippen LogP contribution >= 0.6 is 11.6 Å². The van der Waals surface area contributed by atoms with Crippen LogP contribution in [0.15, 0.2) is 47.4 Å². The molecule has 0 saturated carbocycles. The minimum Gasteiger partial charge on any atom is -0.330 e. The number of nitrogens with one attached hydrogen (secondary N) is 4. The summed E-state index contributed by atoms with van der Waals surface area (Å²) in [6.45, 7) is 1.48. The number of halogens is 5. The van der Waals surface area contributed by atoms with Crippen LogP contribution < -0.4 is 27.2 Å². The summed E-state index contributed by atoms with van der Waals surface area (Å²) >= 11 is 5.81. The normalized spacial score (nSPS) is 11.4. The number of urea groups is 1. The highest BCUT2D eigenvalue weighted by atomic mass is 35.5. The molecule has 0 bridgehead atoms. The van der Waals surface area contributed by atoms with E-state index in [1.807, 2.05) is 0 Å². The number of aromatic nitrogens is 2. The quantitative estimate of drug-likeness (QED) is 0.227. The van der Waals surface area contributed by atoms with Crippen LogP contribution in [0.4, 0.5) is 34.0 Å². The van der Waals surface area contributed by atoms with Gasteiger partial charge in [0.1, 0.15) is 5.82 Å². The third kappa shape index (κ3) is 7.01. The summed E-state index contributed by atoms with van der Waals surface area (Å²) in [6, 6.07) is 5.85. The number of rotatable bonds is 8. The highest BCUT2D eigenvalue weighted by Crippen LogP contribution is 2.33. The van der Waals surface area contributed by atoms with Crippen molar-refractivity contribution >= 4 is 29.3 Å². The minimum absolute atomic E-state index is 0.0725. The first-order valence-corrected chi connectivity index (χ1v) is 10.7. The summed E-state index contributed by atoms with van der Waals surface area (Å²) in [4.78, 5) is 30.9. The zero-order valence-electron chi connectivity index (χ0n) is 18.1.